The van der Waals surface area contributed by atoms with Crippen LogP contribution in [0.25, 0.3) is 0 Å². The van der Waals surface area contributed by atoms with E-state index in [1.54, 1.807) is 11.6 Å². The van der Waals surface area contributed by atoms with Gasteiger partial charge in [-0.2, -0.15) is 4.31 Å². The van der Waals surface area contributed by atoms with Gasteiger partial charge in [0.2, 0.25) is 5.91 Å². The van der Waals surface area contributed by atoms with Crippen molar-refractivity contribution in [1.29, 1.82) is 0 Å². The maximum atomic E-state index is 12.6. The first-order valence-electron chi connectivity index (χ1n) is 7.75. The van der Waals surface area contributed by atoms with Crippen molar-refractivity contribution in [2.45, 2.75) is 30.7 Å². The molecule has 3 rings (SSSR count). The first-order chi connectivity index (χ1) is 10.5. The SMILES string of the molecule is Cn1cnc(S(=O)(=O)N2CCC[C@@H](C(=O)N3CCCC3)C2)c1. The van der Waals surface area contributed by atoms with Crippen molar-refractivity contribution in [2.24, 2.45) is 13.0 Å². The molecule has 0 saturated carbocycles. The Kier molecular flexibility index (Phi) is 4.22. The van der Waals surface area contributed by atoms with Crippen LogP contribution < -0.4 is 0 Å². The van der Waals surface area contributed by atoms with Gasteiger partial charge >= 0.3 is 0 Å². The first kappa shape index (κ1) is 15.5. The average Bonchev–Trinajstić information content (AvgIpc) is 3.18. The summed E-state index contributed by atoms with van der Waals surface area (Å²) in [5.74, 6) is -0.108. The summed E-state index contributed by atoms with van der Waals surface area (Å²) in [7, 11) is -1.86. The summed E-state index contributed by atoms with van der Waals surface area (Å²) in [4.78, 5) is 18.3. The summed E-state index contributed by atoms with van der Waals surface area (Å²) in [6.45, 7) is 2.35. The highest BCUT2D eigenvalue weighted by Crippen LogP contribution is 2.25. The predicted octanol–water partition coefficient (Wildman–Crippen LogP) is 0.443. The lowest BCUT2D eigenvalue weighted by Gasteiger charge is -2.32. The molecule has 0 unspecified atom stereocenters. The summed E-state index contributed by atoms with van der Waals surface area (Å²) in [6, 6.07) is 0. The van der Waals surface area contributed by atoms with Crippen molar-refractivity contribution in [1.82, 2.24) is 18.8 Å². The van der Waals surface area contributed by atoms with Crippen LogP contribution >= 0.6 is 0 Å². The van der Waals surface area contributed by atoms with Crippen LogP contribution in [-0.2, 0) is 21.9 Å². The molecular weight excluding hydrogens is 304 g/mol. The van der Waals surface area contributed by atoms with Gasteiger partial charge in [0.1, 0.15) is 0 Å². The molecule has 1 atom stereocenters. The quantitative estimate of drug-likeness (QED) is 0.808. The molecule has 2 fully saturated rings. The molecule has 7 nitrogen and oxygen atoms in total. The minimum absolute atomic E-state index is 0.0595. The highest BCUT2D eigenvalue weighted by atomic mass is 32.2. The zero-order valence-electron chi connectivity index (χ0n) is 12.8. The fourth-order valence-corrected chi connectivity index (χ4v) is 4.70. The molecule has 8 heteroatoms. The molecule has 0 N–H and O–H groups in total. The highest BCUT2D eigenvalue weighted by molar-refractivity contribution is 7.89. The fraction of sp³-hybridized carbons (Fsp3) is 0.714. The third-order valence-electron chi connectivity index (χ3n) is 4.44. The van der Waals surface area contributed by atoms with Crippen LogP contribution in [0.4, 0.5) is 0 Å². The molecule has 1 aromatic rings. The summed E-state index contributed by atoms with van der Waals surface area (Å²) < 4.78 is 28.3. The molecule has 0 radical (unpaired) electrons. The van der Waals surface area contributed by atoms with Gasteiger partial charge in [-0.05, 0) is 25.7 Å². The van der Waals surface area contributed by atoms with Gasteiger partial charge in [-0.3, -0.25) is 4.79 Å². The Morgan fingerprint density at radius 3 is 2.59 bits per heavy atom. The lowest BCUT2D eigenvalue weighted by molar-refractivity contribution is -0.135. The molecule has 1 amide bonds. The van der Waals surface area contributed by atoms with Gasteiger partial charge in [0.15, 0.2) is 5.03 Å². The van der Waals surface area contributed by atoms with Crippen molar-refractivity contribution in [3.8, 4) is 0 Å². The number of amides is 1. The third-order valence-corrected chi connectivity index (χ3v) is 6.19. The number of likely N-dealkylation sites (tertiary alicyclic amines) is 1. The van der Waals surface area contributed by atoms with Crippen LogP contribution in [-0.4, -0.2) is 59.3 Å². The van der Waals surface area contributed by atoms with E-state index in [2.05, 4.69) is 4.98 Å². The van der Waals surface area contributed by atoms with Crippen molar-refractivity contribution in [2.75, 3.05) is 26.2 Å². The second kappa shape index (κ2) is 6.00. The van der Waals surface area contributed by atoms with E-state index >= 15 is 0 Å². The van der Waals surface area contributed by atoms with Crippen LogP contribution in [0, 0.1) is 5.92 Å². The Bertz CT molecular complexity index is 649. The Balaban J connectivity index is 1.73. The third kappa shape index (κ3) is 2.89. The number of aromatic nitrogens is 2. The van der Waals surface area contributed by atoms with E-state index in [-0.39, 0.29) is 23.4 Å². The largest absolute Gasteiger partial charge is 0.342 e. The highest BCUT2D eigenvalue weighted by Gasteiger charge is 2.36. The molecule has 2 aliphatic rings. The topological polar surface area (TPSA) is 75.5 Å². The second-order valence-electron chi connectivity index (χ2n) is 6.11. The van der Waals surface area contributed by atoms with Crippen molar-refractivity contribution >= 4 is 15.9 Å². The number of hydrogen-bond acceptors (Lipinski definition) is 4. The van der Waals surface area contributed by atoms with Gasteiger partial charge in [0.05, 0.1) is 12.2 Å². The zero-order valence-corrected chi connectivity index (χ0v) is 13.6. The van der Waals surface area contributed by atoms with Crippen LogP contribution in [0.5, 0.6) is 0 Å². The number of nitrogens with zero attached hydrogens (tertiary/aromatic N) is 4. The van der Waals surface area contributed by atoms with E-state index in [4.69, 9.17) is 0 Å². The number of imidazole rings is 1. The van der Waals surface area contributed by atoms with Crippen LogP contribution in [0.15, 0.2) is 17.6 Å². The average molecular weight is 326 g/mol. The molecule has 0 aliphatic carbocycles. The maximum absolute atomic E-state index is 12.6. The monoisotopic (exact) mass is 326 g/mol. The van der Waals surface area contributed by atoms with E-state index < -0.39 is 10.0 Å². The number of carbonyl (C=O) groups is 1. The molecule has 0 spiro atoms. The van der Waals surface area contributed by atoms with Crippen LogP contribution in [0.2, 0.25) is 0 Å². The first-order valence-corrected chi connectivity index (χ1v) is 9.19. The van der Waals surface area contributed by atoms with E-state index in [9.17, 15) is 13.2 Å². The van der Waals surface area contributed by atoms with Gasteiger partial charge in [0.25, 0.3) is 10.0 Å². The van der Waals surface area contributed by atoms with E-state index in [0.29, 0.717) is 6.54 Å². The molecular formula is C14H22N4O3S. The smallest absolute Gasteiger partial charge is 0.262 e. The lowest BCUT2D eigenvalue weighted by Crippen LogP contribution is -2.46. The number of piperidine rings is 1. The number of sulfonamides is 1. The molecule has 22 heavy (non-hydrogen) atoms. The Morgan fingerprint density at radius 2 is 1.95 bits per heavy atom. The summed E-state index contributed by atoms with van der Waals surface area (Å²) in [5.41, 5.74) is 0. The summed E-state index contributed by atoms with van der Waals surface area (Å²) >= 11 is 0. The van der Waals surface area contributed by atoms with Gasteiger partial charge in [-0.25, -0.2) is 13.4 Å². The van der Waals surface area contributed by atoms with Crippen LogP contribution in [0.3, 0.4) is 0 Å². The summed E-state index contributed by atoms with van der Waals surface area (Å²) in [6.07, 6.45) is 6.56. The Morgan fingerprint density at radius 1 is 1.23 bits per heavy atom. The predicted molar refractivity (Wildman–Crippen MR) is 80.5 cm³/mol. The van der Waals surface area contributed by atoms with Crippen LogP contribution in [0.1, 0.15) is 25.7 Å². The number of rotatable bonds is 3. The van der Waals surface area contributed by atoms with Gasteiger partial charge in [-0.15, -0.1) is 0 Å². The normalized spacial score (nSPS) is 23.9. The second-order valence-corrected chi connectivity index (χ2v) is 8.00. The number of hydrogen-bond donors (Lipinski definition) is 0. The Hall–Kier alpha value is -1.41. The van der Waals surface area contributed by atoms with Gasteiger partial charge in [0, 0.05) is 39.4 Å². The van der Waals surface area contributed by atoms with E-state index in [0.717, 1.165) is 38.8 Å². The minimum atomic E-state index is -3.60. The molecule has 2 aliphatic heterocycles. The fourth-order valence-electron chi connectivity index (χ4n) is 3.21. The standard InChI is InChI=1S/C14H22N4O3S/c1-16-10-13(15-11-16)22(20,21)18-8-4-5-12(9-18)14(19)17-6-2-3-7-17/h10-12H,2-9H2,1H3/t12-/m1/s1. The van der Waals surface area contributed by atoms with Crippen molar-refractivity contribution in [3.05, 3.63) is 12.5 Å². The lowest BCUT2D eigenvalue weighted by atomic mass is 9.98. The number of aryl methyl sites for hydroxylation is 1. The molecule has 0 bridgehead atoms. The zero-order chi connectivity index (χ0) is 15.7. The molecule has 0 aromatic carbocycles. The number of carbonyl (C=O) groups excluding carboxylic acids is 1. The van der Waals surface area contributed by atoms with Gasteiger partial charge in [-0.1, -0.05) is 0 Å². The molecule has 2 saturated heterocycles. The van der Waals surface area contributed by atoms with Crippen molar-refractivity contribution < 1.29 is 13.2 Å². The van der Waals surface area contributed by atoms with E-state index in [1.165, 1.54) is 16.8 Å². The maximum Gasteiger partial charge on any atom is 0.262 e. The Labute approximate surface area is 131 Å². The van der Waals surface area contributed by atoms with Gasteiger partial charge < -0.3 is 9.47 Å². The van der Waals surface area contributed by atoms with Crippen molar-refractivity contribution in [3.63, 3.8) is 0 Å². The molecule has 122 valence electrons. The van der Waals surface area contributed by atoms with E-state index in [1.807, 2.05) is 4.90 Å². The molecule has 1 aromatic heterocycles. The summed E-state index contributed by atoms with van der Waals surface area (Å²) in [5, 5.41) is 0.0595. The molecule has 3 heterocycles. The minimum Gasteiger partial charge on any atom is -0.342 e.